The zero-order valence-corrected chi connectivity index (χ0v) is 20.7. The molecule has 0 heterocycles. The van der Waals surface area contributed by atoms with Gasteiger partial charge in [0, 0.05) is 19.5 Å². The van der Waals surface area contributed by atoms with E-state index in [2.05, 4.69) is 64.2 Å². The molecule has 1 N–H and O–H groups in total. The Bertz CT molecular complexity index is 851. The van der Waals surface area contributed by atoms with Crippen molar-refractivity contribution < 1.29 is 9.59 Å². The van der Waals surface area contributed by atoms with Gasteiger partial charge in [0.2, 0.25) is 11.8 Å². The Morgan fingerprint density at radius 2 is 1.56 bits per heavy atom. The van der Waals surface area contributed by atoms with Crippen LogP contribution in [0.2, 0.25) is 0 Å². The summed E-state index contributed by atoms with van der Waals surface area (Å²) in [5.41, 5.74) is 3.57. The van der Waals surface area contributed by atoms with E-state index in [9.17, 15) is 9.59 Å². The molecule has 1 atom stereocenters. The van der Waals surface area contributed by atoms with Crippen molar-refractivity contribution in [2.75, 3.05) is 6.54 Å². The Morgan fingerprint density at radius 3 is 2.09 bits per heavy atom. The lowest BCUT2D eigenvalue weighted by Crippen LogP contribution is -2.49. The summed E-state index contributed by atoms with van der Waals surface area (Å²) in [6.07, 6.45) is 1.64. The van der Waals surface area contributed by atoms with Crippen LogP contribution in [0.15, 0.2) is 54.6 Å². The average molecular weight is 437 g/mol. The molecule has 2 aromatic rings. The van der Waals surface area contributed by atoms with Gasteiger partial charge in [0.25, 0.3) is 0 Å². The summed E-state index contributed by atoms with van der Waals surface area (Å²) in [5, 5.41) is 3.02. The maximum absolute atomic E-state index is 13.3. The van der Waals surface area contributed by atoms with Gasteiger partial charge in [-0.1, -0.05) is 96.1 Å². The molecule has 32 heavy (non-hydrogen) atoms. The van der Waals surface area contributed by atoms with E-state index < -0.39 is 6.04 Å². The standard InChI is InChI=1S/C28H40N2O2/c1-7-25(27(32)29-19-21(2)3)30(20-23-11-9-8-10-12-23)26(31)18-15-22-13-16-24(17-14-22)28(4,5)6/h8-14,16-17,21,25H,7,15,18-20H2,1-6H3,(H,29,32). The second-order valence-corrected chi connectivity index (χ2v) is 10.0. The van der Waals surface area contributed by atoms with Crippen LogP contribution in [0.1, 0.15) is 71.1 Å². The number of hydrogen-bond donors (Lipinski definition) is 1. The van der Waals surface area contributed by atoms with E-state index in [0.29, 0.717) is 38.3 Å². The summed E-state index contributed by atoms with van der Waals surface area (Å²) in [6.45, 7) is 13.7. The number of rotatable bonds is 10. The van der Waals surface area contributed by atoms with Crippen molar-refractivity contribution in [3.05, 3.63) is 71.3 Å². The smallest absolute Gasteiger partial charge is 0.242 e. The first-order valence-electron chi connectivity index (χ1n) is 11.8. The molecule has 0 radical (unpaired) electrons. The molecule has 0 fully saturated rings. The molecule has 4 heteroatoms. The van der Waals surface area contributed by atoms with Gasteiger partial charge >= 0.3 is 0 Å². The van der Waals surface area contributed by atoms with Gasteiger partial charge < -0.3 is 10.2 Å². The van der Waals surface area contributed by atoms with Crippen LogP contribution in [0.4, 0.5) is 0 Å². The molecule has 0 bridgehead atoms. The number of amides is 2. The number of hydrogen-bond acceptors (Lipinski definition) is 2. The Balaban J connectivity index is 2.14. The molecule has 2 amide bonds. The highest BCUT2D eigenvalue weighted by Crippen LogP contribution is 2.23. The van der Waals surface area contributed by atoms with E-state index in [1.807, 2.05) is 37.3 Å². The minimum atomic E-state index is -0.468. The first kappa shape index (κ1) is 25.6. The highest BCUT2D eigenvalue weighted by atomic mass is 16.2. The Hall–Kier alpha value is -2.62. The van der Waals surface area contributed by atoms with Crippen molar-refractivity contribution in [2.24, 2.45) is 5.92 Å². The third-order valence-electron chi connectivity index (χ3n) is 5.71. The van der Waals surface area contributed by atoms with Gasteiger partial charge in [-0.15, -0.1) is 0 Å². The molecule has 1 unspecified atom stereocenters. The van der Waals surface area contributed by atoms with Gasteiger partial charge in [0.15, 0.2) is 0 Å². The second-order valence-electron chi connectivity index (χ2n) is 10.0. The Morgan fingerprint density at radius 1 is 0.938 bits per heavy atom. The number of carbonyl (C=O) groups excluding carboxylic acids is 2. The summed E-state index contributed by atoms with van der Waals surface area (Å²) in [6, 6.07) is 18.0. The second kappa shape index (κ2) is 11.8. The minimum Gasteiger partial charge on any atom is -0.354 e. The molecule has 2 rings (SSSR count). The molecule has 0 spiro atoms. The number of benzene rings is 2. The van der Waals surface area contributed by atoms with Crippen molar-refractivity contribution >= 4 is 11.8 Å². The van der Waals surface area contributed by atoms with Crippen LogP contribution >= 0.6 is 0 Å². The largest absolute Gasteiger partial charge is 0.354 e. The molecule has 0 aliphatic rings. The first-order chi connectivity index (χ1) is 15.1. The van der Waals surface area contributed by atoms with Crippen molar-refractivity contribution in [1.82, 2.24) is 10.2 Å². The minimum absolute atomic E-state index is 0.0142. The monoisotopic (exact) mass is 436 g/mol. The van der Waals surface area contributed by atoms with Crippen LogP contribution in [-0.4, -0.2) is 29.3 Å². The van der Waals surface area contributed by atoms with Crippen LogP contribution in [-0.2, 0) is 28.0 Å². The van der Waals surface area contributed by atoms with E-state index in [-0.39, 0.29) is 17.2 Å². The third-order valence-corrected chi connectivity index (χ3v) is 5.71. The zero-order valence-electron chi connectivity index (χ0n) is 20.7. The predicted octanol–water partition coefficient (Wildman–Crippen LogP) is 5.50. The molecule has 0 aromatic heterocycles. The quantitative estimate of drug-likeness (QED) is 0.535. The lowest BCUT2D eigenvalue weighted by molar-refractivity contribution is -0.141. The van der Waals surface area contributed by atoms with Gasteiger partial charge in [-0.3, -0.25) is 9.59 Å². The van der Waals surface area contributed by atoms with Gasteiger partial charge in [-0.2, -0.15) is 0 Å². The fraction of sp³-hybridized carbons (Fsp3) is 0.500. The van der Waals surface area contributed by atoms with Crippen LogP contribution in [0, 0.1) is 5.92 Å². The van der Waals surface area contributed by atoms with Gasteiger partial charge in [0.05, 0.1) is 0 Å². The van der Waals surface area contributed by atoms with E-state index >= 15 is 0 Å². The van der Waals surface area contributed by atoms with Crippen LogP contribution in [0.25, 0.3) is 0 Å². The molecule has 2 aromatic carbocycles. The molecule has 0 aliphatic heterocycles. The molecule has 0 aliphatic carbocycles. The van der Waals surface area contributed by atoms with Gasteiger partial charge in [-0.25, -0.2) is 0 Å². The molecule has 174 valence electrons. The SMILES string of the molecule is CCC(C(=O)NCC(C)C)N(Cc1ccccc1)C(=O)CCc1ccc(C(C)(C)C)cc1. The van der Waals surface area contributed by atoms with Gasteiger partial charge in [-0.05, 0) is 40.9 Å². The lowest BCUT2D eigenvalue weighted by atomic mass is 9.86. The zero-order chi connectivity index (χ0) is 23.7. The molecule has 0 saturated heterocycles. The number of nitrogens with zero attached hydrogens (tertiary/aromatic N) is 1. The highest BCUT2D eigenvalue weighted by molar-refractivity contribution is 5.87. The third kappa shape index (κ3) is 7.81. The van der Waals surface area contributed by atoms with Crippen molar-refractivity contribution in [3.63, 3.8) is 0 Å². The number of aryl methyl sites for hydroxylation is 1. The fourth-order valence-corrected chi connectivity index (χ4v) is 3.69. The molecule has 0 saturated carbocycles. The van der Waals surface area contributed by atoms with E-state index in [0.717, 1.165) is 11.1 Å². The Kier molecular flexibility index (Phi) is 9.49. The summed E-state index contributed by atoms with van der Waals surface area (Å²) in [5.74, 6) is 0.311. The van der Waals surface area contributed by atoms with Crippen molar-refractivity contribution in [3.8, 4) is 0 Å². The Labute approximate surface area is 194 Å². The molecule has 4 nitrogen and oxygen atoms in total. The summed E-state index contributed by atoms with van der Waals surface area (Å²) in [7, 11) is 0. The highest BCUT2D eigenvalue weighted by Gasteiger charge is 2.28. The fourth-order valence-electron chi connectivity index (χ4n) is 3.69. The maximum atomic E-state index is 13.3. The number of carbonyl (C=O) groups is 2. The van der Waals surface area contributed by atoms with Crippen LogP contribution in [0.3, 0.4) is 0 Å². The van der Waals surface area contributed by atoms with Crippen LogP contribution in [0.5, 0.6) is 0 Å². The summed E-state index contributed by atoms with van der Waals surface area (Å²) in [4.78, 5) is 28.0. The lowest BCUT2D eigenvalue weighted by Gasteiger charge is -2.31. The van der Waals surface area contributed by atoms with Crippen molar-refractivity contribution in [1.29, 1.82) is 0 Å². The topological polar surface area (TPSA) is 49.4 Å². The summed E-state index contributed by atoms with van der Waals surface area (Å²) >= 11 is 0. The normalized spacial score (nSPS) is 12.5. The van der Waals surface area contributed by atoms with E-state index in [1.54, 1.807) is 4.90 Å². The molecular formula is C28H40N2O2. The predicted molar refractivity (Wildman–Crippen MR) is 132 cm³/mol. The van der Waals surface area contributed by atoms with Crippen LogP contribution < -0.4 is 5.32 Å². The first-order valence-corrected chi connectivity index (χ1v) is 11.8. The molecular weight excluding hydrogens is 396 g/mol. The van der Waals surface area contributed by atoms with Crippen molar-refractivity contribution in [2.45, 2.75) is 78.8 Å². The van der Waals surface area contributed by atoms with E-state index in [1.165, 1.54) is 5.56 Å². The number of nitrogens with one attached hydrogen (secondary N) is 1. The van der Waals surface area contributed by atoms with Gasteiger partial charge in [0.1, 0.15) is 6.04 Å². The average Bonchev–Trinajstić information content (AvgIpc) is 2.76. The maximum Gasteiger partial charge on any atom is 0.242 e. The summed E-state index contributed by atoms with van der Waals surface area (Å²) < 4.78 is 0. The van der Waals surface area contributed by atoms with E-state index in [4.69, 9.17) is 0 Å².